The van der Waals surface area contributed by atoms with E-state index in [1.807, 2.05) is 0 Å². The summed E-state index contributed by atoms with van der Waals surface area (Å²) in [5.41, 5.74) is 2.33. The van der Waals surface area contributed by atoms with Gasteiger partial charge in [0.2, 0.25) is 5.78 Å². The Bertz CT molecular complexity index is 1180. The van der Waals surface area contributed by atoms with Gasteiger partial charge in [-0.1, -0.05) is 12.1 Å². The molecule has 3 aromatic rings. The summed E-state index contributed by atoms with van der Waals surface area (Å²) in [4.78, 5) is 23.0. The lowest BCUT2D eigenvalue weighted by molar-refractivity contribution is -0.384. The molecule has 0 spiro atoms. The van der Waals surface area contributed by atoms with Crippen LogP contribution >= 0.6 is 0 Å². The van der Waals surface area contributed by atoms with Gasteiger partial charge in [-0.15, -0.1) is 0 Å². The van der Waals surface area contributed by atoms with Crippen LogP contribution in [-0.4, -0.2) is 10.7 Å². The van der Waals surface area contributed by atoms with Gasteiger partial charge in [0, 0.05) is 17.7 Å². The number of nitrogens with zero attached hydrogens (tertiary/aromatic N) is 1. The minimum atomic E-state index is -0.487. The number of ether oxygens (including phenoxy) is 2. The Morgan fingerprint density at radius 3 is 2.60 bits per heavy atom. The lowest BCUT2D eigenvalue weighted by Gasteiger charge is -2.11. The van der Waals surface area contributed by atoms with Crippen molar-refractivity contribution in [2.24, 2.45) is 0 Å². The van der Waals surface area contributed by atoms with E-state index >= 15 is 0 Å². The van der Waals surface area contributed by atoms with E-state index in [9.17, 15) is 19.3 Å². The summed E-state index contributed by atoms with van der Waals surface area (Å²) >= 11 is 0. The number of hydrogen-bond acceptors (Lipinski definition) is 5. The predicted octanol–water partition coefficient (Wildman–Crippen LogP) is 5.24. The van der Waals surface area contributed by atoms with E-state index in [4.69, 9.17) is 9.47 Å². The molecule has 1 aliphatic rings. The molecule has 1 aliphatic heterocycles. The van der Waals surface area contributed by atoms with Crippen LogP contribution in [0.15, 0.2) is 66.4 Å². The number of carbonyl (C=O) groups excluding carboxylic acids is 1. The highest BCUT2D eigenvalue weighted by molar-refractivity contribution is 6.14. The molecule has 0 radical (unpaired) electrons. The molecule has 0 aliphatic carbocycles. The number of fused-ring (bicyclic) bond motifs is 1. The molecule has 0 aromatic heterocycles. The van der Waals surface area contributed by atoms with E-state index in [2.05, 4.69) is 0 Å². The summed E-state index contributed by atoms with van der Waals surface area (Å²) in [7, 11) is 0. The highest BCUT2D eigenvalue weighted by Crippen LogP contribution is 2.39. The summed E-state index contributed by atoms with van der Waals surface area (Å²) in [5.74, 6) is 0.455. The van der Waals surface area contributed by atoms with Crippen LogP contribution in [-0.2, 0) is 6.61 Å². The van der Waals surface area contributed by atoms with Crippen LogP contribution in [0.3, 0.4) is 0 Å². The standard InChI is InChI=1S/C23H16FNO5/c1-14-20(29-13-16-3-2-4-17(24)11-16)10-9-19-22(26)21(30-23(14)19)12-15-5-7-18(8-6-15)25(27)28/h2-12H,13H2,1H3/b21-12-. The molecule has 0 N–H and O–H groups in total. The van der Waals surface area contributed by atoms with Gasteiger partial charge in [0.1, 0.15) is 23.9 Å². The zero-order valence-electron chi connectivity index (χ0n) is 15.9. The second-order valence-corrected chi connectivity index (χ2v) is 6.77. The summed E-state index contributed by atoms with van der Waals surface area (Å²) in [6.07, 6.45) is 1.54. The maximum absolute atomic E-state index is 13.3. The Kier molecular flexibility index (Phi) is 5.02. The van der Waals surface area contributed by atoms with Gasteiger partial charge in [-0.2, -0.15) is 0 Å². The van der Waals surface area contributed by atoms with Crippen molar-refractivity contribution in [1.82, 2.24) is 0 Å². The van der Waals surface area contributed by atoms with Gasteiger partial charge in [0.25, 0.3) is 5.69 Å². The number of rotatable bonds is 5. The molecule has 150 valence electrons. The maximum atomic E-state index is 13.3. The molecule has 6 nitrogen and oxygen atoms in total. The van der Waals surface area contributed by atoms with Crippen molar-refractivity contribution < 1.29 is 23.6 Å². The number of Topliss-reactive ketones (excluding diaryl/α,β-unsaturated/α-hetero) is 1. The number of allylic oxidation sites excluding steroid dienone is 1. The van der Waals surface area contributed by atoms with Gasteiger partial charge < -0.3 is 9.47 Å². The van der Waals surface area contributed by atoms with Gasteiger partial charge in [-0.05, 0) is 60.5 Å². The fraction of sp³-hybridized carbons (Fsp3) is 0.0870. The number of non-ortho nitro benzene ring substituents is 1. The van der Waals surface area contributed by atoms with E-state index < -0.39 is 4.92 Å². The molecule has 1 heterocycles. The largest absolute Gasteiger partial charge is 0.488 e. The van der Waals surface area contributed by atoms with Gasteiger partial charge >= 0.3 is 0 Å². The Labute approximate surface area is 171 Å². The van der Waals surface area contributed by atoms with Crippen LogP contribution in [0.25, 0.3) is 6.08 Å². The number of halogens is 1. The van der Waals surface area contributed by atoms with Crippen molar-refractivity contribution in [3.8, 4) is 11.5 Å². The average Bonchev–Trinajstić information content (AvgIpc) is 3.04. The fourth-order valence-electron chi connectivity index (χ4n) is 3.16. The molecule has 0 fully saturated rings. The highest BCUT2D eigenvalue weighted by atomic mass is 19.1. The molecule has 0 saturated heterocycles. The first-order chi connectivity index (χ1) is 14.4. The van der Waals surface area contributed by atoms with Gasteiger partial charge in [0.05, 0.1) is 10.5 Å². The number of nitro benzene ring substituents is 1. The fourth-order valence-corrected chi connectivity index (χ4v) is 3.16. The van der Waals surface area contributed by atoms with E-state index in [1.165, 1.54) is 24.3 Å². The van der Waals surface area contributed by atoms with Crippen LogP contribution in [0.2, 0.25) is 0 Å². The van der Waals surface area contributed by atoms with Crippen molar-refractivity contribution in [3.05, 3.63) is 105 Å². The number of nitro groups is 1. The van der Waals surface area contributed by atoms with E-state index in [0.29, 0.717) is 33.8 Å². The van der Waals surface area contributed by atoms with Crippen molar-refractivity contribution in [1.29, 1.82) is 0 Å². The molecule has 0 bridgehead atoms. The van der Waals surface area contributed by atoms with Crippen LogP contribution < -0.4 is 9.47 Å². The summed E-state index contributed by atoms with van der Waals surface area (Å²) in [5, 5.41) is 10.8. The van der Waals surface area contributed by atoms with Gasteiger partial charge in [0.15, 0.2) is 5.76 Å². The monoisotopic (exact) mass is 405 g/mol. The Hall–Kier alpha value is -4.00. The number of hydrogen-bond donors (Lipinski definition) is 0. The highest BCUT2D eigenvalue weighted by Gasteiger charge is 2.30. The predicted molar refractivity (Wildman–Crippen MR) is 108 cm³/mol. The third kappa shape index (κ3) is 3.77. The molecule has 0 unspecified atom stereocenters. The Morgan fingerprint density at radius 2 is 1.90 bits per heavy atom. The minimum absolute atomic E-state index is 0.0324. The third-order valence-corrected chi connectivity index (χ3v) is 4.72. The lowest BCUT2D eigenvalue weighted by atomic mass is 10.1. The van der Waals surface area contributed by atoms with Crippen LogP contribution in [0.5, 0.6) is 11.5 Å². The number of benzene rings is 3. The summed E-state index contributed by atoms with van der Waals surface area (Å²) < 4.78 is 24.9. The zero-order chi connectivity index (χ0) is 21.3. The van der Waals surface area contributed by atoms with Crippen molar-refractivity contribution in [2.45, 2.75) is 13.5 Å². The molecule has 4 rings (SSSR count). The lowest BCUT2D eigenvalue weighted by Crippen LogP contribution is -1.98. The number of ketones is 1. The van der Waals surface area contributed by atoms with E-state index in [0.717, 1.165) is 0 Å². The molecule has 0 amide bonds. The van der Waals surface area contributed by atoms with Crippen LogP contribution in [0.1, 0.15) is 27.0 Å². The average molecular weight is 405 g/mol. The summed E-state index contributed by atoms with van der Waals surface area (Å²) in [6, 6.07) is 15.3. The third-order valence-electron chi connectivity index (χ3n) is 4.72. The second kappa shape index (κ2) is 7.79. The molecule has 0 saturated carbocycles. The quantitative estimate of drug-likeness (QED) is 0.330. The van der Waals surface area contributed by atoms with Gasteiger partial charge in [-0.25, -0.2) is 4.39 Å². The Balaban J connectivity index is 1.55. The second-order valence-electron chi connectivity index (χ2n) is 6.77. The normalized spacial score (nSPS) is 13.8. The van der Waals surface area contributed by atoms with Crippen LogP contribution in [0, 0.1) is 22.9 Å². The zero-order valence-corrected chi connectivity index (χ0v) is 15.9. The molecular formula is C23H16FNO5. The molecule has 0 atom stereocenters. The van der Waals surface area contributed by atoms with Gasteiger partial charge in [-0.3, -0.25) is 14.9 Å². The molecule has 7 heteroatoms. The maximum Gasteiger partial charge on any atom is 0.269 e. The SMILES string of the molecule is Cc1c(OCc2cccc(F)c2)ccc2c1O/C(=C\c1ccc([N+](=O)[O-])cc1)C2=O. The van der Waals surface area contributed by atoms with E-state index in [-0.39, 0.29) is 29.7 Å². The van der Waals surface area contributed by atoms with Crippen molar-refractivity contribution in [3.63, 3.8) is 0 Å². The summed E-state index contributed by atoms with van der Waals surface area (Å²) in [6.45, 7) is 1.96. The first-order valence-corrected chi connectivity index (χ1v) is 9.12. The van der Waals surface area contributed by atoms with Crippen LogP contribution in [0.4, 0.5) is 10.1 Å². The molecule has 3 aromatic carbocycles. The molecular weight excluding hydrogens is 389 g/mol. The Morgan fingerprint density at radius 1 is 1.13 bits per heavy atom. The molecule has 30 heavy (non-hydrogen) atoms. The first kappa shape index (κ1) is 19.3. The minimum Gasteiger partial charge on any atom is -0.488 e. The topological polar surface area (TPSA) is 78.7 Å². The first-order valence-electron chi connectivity index (χ1n) is 9.12. The number of carbonyl (C=O) groups is 1. The van der Waals surface area contributed by atoms with Crippen molar-refractivity contribution in [2.75, 3.05) is 0 Å². The van der Waals surface area contributed by atoms with Crippen molar-refractivity contribution >= 4 is 17.5 Å². The van der Waals surface area contributed by atoms with E-state index in [1.54, 1.807) is 49.4 Å². The smallest absolute Gasteiger partial charge is 0.269 e.